The van der Waals surface area contributed by atoms with E-state index in [9.17, 15) is 0 Å². The van der Waals surface area contributed by atoms with E-state index < -0.39 is 0 Å². The molecule has 0 fully saturated rings. The SMILES string of the molecule is CCCOc1ccc(C(C(N)=S)N(C)C)cc1OCC. The van der Waals surface area contributed by atoms with E-state index in [1.54, 1.807) is 0 Å². The first-order valence-electron chi connectivity index (χ1n) is 6.86. The van der Waals surface area contributed by atoms with Crippen LogP contribution in [0, 0.1) is 0 Å². The van der Waals surface area contributed by atoms with Gasteiger partial charge in [-0.05, 0) is 45.1 Å². The standard InChI is InChI=1S/C15H24N2O2S/c1-5-9-19-12-8-7-11(10-13(12)18-6-2)14(15(16)20)17(3)4/h7-8,10,14H,5-6,9H2,1-4H3,(H2,16,20). The molecule has 1 aromatic carbocycles. The number of hydrogen-bond donors (Lipinski definition) is 1. The van der Waals surface area contributed by atoms with Crippen LogP contribution >= 0.6 is 12.2 Å². The zero-order valence-corrected chi connectivity index (χ0v) is 13.5. The first-order chi connectivity index (χ1) is 9.51. The molecule has 0 aliphatic rings. The number of ether oxygens (including phenoxy) is 2. The van der Waals surface area contributed by atoms with E-state index in [4.69, 9.17) is 27.4 Å². The maximum Gasteiger partial charge on any atom is 0.161 e. The lowest BCUT2D eigenvalue weighted by Gasteiger charge is -2.24. The smallest absolute Gasteiger partial charge is 0.161 e. The van der Waals surface area contributed by atoms with Crippen LogP contribution in [-0.4, -0.2) is 37.2 Å². The van der Waals surface area contributed by atoms with E-state index >= 15 is 0 Å². The van der Waals surface area contributed by atoms with Gasteiger partial charge >= 0.3 is 0 Å². The molecule has 1 atom stereocenters. The van der Waals surface area contributed by atoms with Crippen LogP contribution in [0.3, 0.4) is 0 Å². The van der Waals surface area contributed by atoms with Gasteiger partial charge in [-0.15, -0.1) is 0 Å². The molecule has 0 aliphatic carbocycles. The van der Waals surface area contributed by atoms with Gasteiger partial charge in [0, 0.05) is 0 Å². The predicted molar refractivity (Wildman–Crippen MR) is 86.6 cm³/mol. The highest BCUT2D eigenvalue weighted by Gasteiger charge is 2.19. The quantitative estimate of drug-likeness (QED) is 0.748. The molecule has 0 aromatic heterocycles. The number of rotatable bonds is 8. The fraction of sp³-hybridized carbons (Fsp3) is 0.533. The third-order valence-corrected chi connectivity index (χ3v) is 3.05. The zero-order chi connectivity index (χ0) is 15.1. The number of thiocarbonyl (C=S) groups is 1. The third kappa shape index (κ3) is 4.35. The summed E-state index contributed by atoms with van der Waals surface area (Å²) in [5.41, 5.74) is 6.84. The Bertz CT molecular complexity index is 449. The number of nitrogens with two attached hydrogens (primary N) is 1. The molecule has 0 aliphatic heterocycles. The summed E-state index contributed by atoms with van der Waals surface area (Å²) in [5.74, 6) is 1.50. The molecular formula is C15H24N2O2S. The highest BCUT2D eigenvalue weighted by atomic mass is 32.1. The lowest BCUT2D eigenvalue weighted by Crippen LogP contribution is -2.31. The van der Waals surface area contributed by atoms with E-state index in [-0.39, 0.29) is 6.04 Å². The van der Waals surface area contributed by atoms with Crippen molar-refractivity contribution in [2.45, 2.75) is 26.3 Å². The third-order valence-electron chi connectivity index (χ3n) is 2.83. The molecule has 1 rings (SSSR count). The van der Waals surface area contributed by atoms with Crippen molar-refractivity contribution >= 4 is 17.2 Å². The van der Waals surface area contributed by atoms with Crippen LogP contribution in [0.5, 0.6) is 11.5 Å². The Hall–Kier alpha value is -1.33. The lowest BCUT2D eigenvalue weighted by molar-refractivity contribution is 0.276. The van der Waals surface area contributed by atoms with E-state index in [2.05, 4.69) is 6.92 Å². The molecule has 0 amide bonds. The number of hydrogen-bond acceptors (Lipinski definition) is 4. The van der Waals surface area contributed by atoms with Gasteiger partial charge in [0.25, 0.3) is 0 Å². The predicted octanol–water partition coefficient (Wildman–Crippen LogP) is 2.76. The summed E-state index contributed by atoms with van der Waals surface area (Å²) >= 11 is 5.15. The van der Waals surface area contributed by atoms with Gasteiger partial charge in [-0.1, -0.05) is 25.2 Å². The van der Waals surface area contributed by atoms with Gasteiger partial charge in [0.05, 0.1) is 24.2 Å². The summed E-state index contributed by atoms with van der Waals surface area (Å²) < 4.78 is 11.3. The number of likely N-dealkylation sites (N-methyl/N-ethyl adjacent to an activating group) is 1. The molecule has 1 aromatic rings. The van der Waals surface area contributed by atoms with Gasteiger partial charge < -0.3 is 15.2 Å². The Morgan fingerprint density at radius 1 is 1.25 bits per heavy atom. The largest absolute Gasteiger partial charge is 0.490 e. The fourth-order valence-corrected chi connectivity index (χ4v) is 2.36. The van der Waals surface area contributed by atoms with Crippen molar-refractivity contribution in [1.29, 1.82) is 0 Å². The monoisotopic (exact) mass is 296 g/mol. The van der Waals surface area contributed by atoms with Gasteiger partial charge in [0.15, 0.2) is 11.5 Å². The minimum Gasteiger partial charge on any atom is -0.490 e. The molecule has 0 saturated carbocycles. The minimum atomic E-state index is -0.107. The van der Waals surface area contributed by atoms with Gasteiger partial charge in [0.1, 0.15) is 0 Å². The fourth-order valence-electron chi connectivity index (χ4n) is 2.01. The van der Waals surface area contributed by atoms with Crippen LogP contribution in [0.15, 0.2) is 18.2 Å². The zero-order valence-electron chi connectivity index (χ0n) is 12.7. The van der Waals surface area contributed by atoms with Crippen molar-refractivity contribution < 1.29 is 9.47 Å². The summed E-state index contributed by atoms with van der Waals surface area (Å²) in [6.07, 6.45) is 0.959. The molecule has 1 unspecified atom stereocenters. The molecule has 5 heteroatoms. The summed E-state index contributed by atoms with van der Waals surface area (Å²) in [5, 5.41) is 0. The second kappa shape index (κ2) is 8.07. The van der Waals surface area contributed by atoms with Crippen molar-refractivity contribution in [1.82, 2.24) is 4.90 Å². The molecule has 4 nitrogen and oxygen atoms in total. The van der Waals surface area contributed by atoms with Crippen LogP contribution < -0.4 is 15.2 Å². The molecule has 0 radical (unpaired) electrons. The van der Waals surface area contributed by atoms with Gasteiger partial charge in [-0.3, -0.25) is 4.90 Å². The Kier molecular flexibility index (Phi) is 6.75. The summed E-state index contributed by atoms with van der Waals surface area (Å²) in [4.78, 5) is 2.43. The molecule has 2 N–H and O–H groups in total. The van der Waals surface area contributed by atoms with Gasteiger partial charge in [-0.25, -0.2) is 0 Å². The normalized spacial score (nSPS) is 12.2. The summed E-state index contributed by atoms with van der Waals surface area (Å²) in [7, 11) is 3.90. The van der Waals surface area contributed by atoms with E-state index in [1.807, 2.05) is 44.1 Å². The molecule has 0 bridgehead atoms. The molecule has 0 heterocycles. The van der Waals surface area contributed by atoms with E-state index in [0.717, 1.165) is 23.5 Å². The first-order valence-corrected chi connectivity index (χ1v) is 7.27. The molecule has 112 valence electrons. The Morgan fingerprint density at radius 3 is 2.45 bits per heavy atom. The Labute approximate surface area is 126 Å². The average molecular weight is 296 g/mol. The minimum absolute atomic E-state index is 0.107. The maximum atomic E-state index is 5.83. The lowest BCUT2D eigenvalue weighted by atomic mass is 10.1. The Balaban J connectivity index is 3.10. The second-order valence-electron chi connectivity index (χ2n) is 4.76. The summed E-state index contributed by atoms with van der Waals surface area (Å²) in [6.45, 7) is 5.29. The average Bonchev–Trinajstić information content (AvgIpc) is 2.37. The van der Waals surface area contributed by atoms with Crippen molar-refractivity contribution in [2.24, 2.45) is 5.73 Å². The van der Waals surface area contributed by atoms with Crippen LogP contribution in [0.2, 0.25) is 0 Å². The van der Waals surface area contributed by atoms with E-state index in [0.29, 0.717) is 18.2 Å². The van der Waals surface area contributed by atoms with Crippen LogP contribution in [-0.2, 0) is 0 Å². The van der Waals surface area contributed by atoms with Crippen molar-refractivity contribution in [3.05, 3.63) is 23.8 Å². The molecule has 0 spiro atoms. The van der Waals surface area contributed by atoms with Crippen LogP contribution in [0.1, 0.15) is 31.9 Å². The number of nitrogens with zero attached hydrogens (tertiary/aromatic N) is 1. The molecule has 0 saturated heterocycles. The molecular weight excluding hydrogens is 272 g/mol. The van der Waals surface area contributed by atoms with Crippen molar-refractivity contribution in [2.75, 3.05) is 27.3 Å². The number of benzene rings is 1. The molecule has 20 heavy (non-hydrogen) atoms. The second-order valence-corrected chi connectivity index (χ2v) is 5.23. The maximum absolute atomic E-state index is 5.83. The Morgan fingerprint density at radius 2 is 1.95 bits per heavy atom. The van der Waals surface area contributed by atoms with Crippen molar-refractivity contribution in [3.8, 4) is 11.5 Å². The van der Waals surface area contributed by atoms with Crippen LogP contribution in [0.25, 0.3) is 0 Å². The highest BCUT2D eigenvalue weighted by Crippen LogP contribution is 2.32. The highest BCUT2D eigenvalue weighted by molar-refractivity contribution is 7.80. The van der Waals surface area contributed by atoms with E-state index in [1.165, 1.54) is 0 Å². The van der Waals surface area contributed by atoms with Crippen molar-refractivity contribution in [3.63, 3.8) is 0 Å². The summed E-state index contributed by atoms with van der Waals surface area (Å²) in [6, 6.07) is 5.75. The topological polar surface area (TPSA) is 47.7 Å². The van der Waals surface area contributed by atoms with Gasteiger partial charge in [0.2, 0.25) is 0 Å². The first kappa shape index (κ1) is 16.7. The van der Waals surface area contributed by atoms with Crippen LogP contribution in [0.4, 0.5) is 0 Å². The van der Waals surface area contributed by atoms with Gasteiger partial charge in [-0.2, -0.15) is 0 Å².